The van der Waals surface area contributed by atoms with Gasteiger partial charge in [0.1, 0.15) is 5.82 Å². The van der Waals surface area contributed by atoms with Crippen LogP contribution in [0.5, 0.6) is 0 Å². The molecule has 1 aromatic heterocycles. The van der Waals surface area contributed by atoms with E-state index in [1.807, 2.05) is 6.20 Å². The Labute approximate surface area is 112 Å². The van der Waals surface area contributed by atoms with Gasteiger partial charge >= 0.3 is 0 Å². The van der Waals surface area contributed by atoms with Gasteiger partial charge < -0.3 is 10.2 Å². The molecule has 1 aliphatic heterocycles. The molecule has 1 saturated heterocycles. The number of pyridine rings is 1. The lowest BCUT2D eigenvalue weighted by molar-refractivity contribution is 0.226. The first-order valence-corrected chi connectivity index (χ1v) is 7.09. The van der Waals surface area contributed by atoms with Crippen LogP contribution in [0.4, 0.5) is 5.82 Å². The largest absolute Gasteiger partial charge is 0.365 e. The SMILES string of the molecule is CCN1CCCC(Nc2ncc(C)cc2Br)C1. The Bertz CT molecular complexity index is 381. The minimum Gasteiger partial charge on any atom is -0.365 e. The van der Waals surface area contributed by atoms with E-state index in [1.165, 1.54) is 24.9 Å². The Hall–Kier alpha value is -0.610. The molecule has 0 amide bonds. The third-order valence-corrected chi connectivity index (χ3v) is 3.88. The van der Waals surface area contributed by atoms with Crippen LogP contribution in [-0.4, -0.2) is 35.6 Å². The first-order valence-electron chi connectivity index (χ1n) is 6.30. The molecule has 1 N–H and O–H groups in total. The summed E-state index contributed by atoms with van der Waals surface area (Å²) in [6, 6.07) is 2.63. The van der Waals surface area contributed by atoms with E-state index in [9.17, 15) is 0 Å². The van der Waals surface area contributed by atoms with Gasteiger partial charge in [0.15, 0.2) is 0 Å². The van der Waals surface area contributed by atoms with Crippen molar-refractivity contribution in [3.63, 3.8) is 0 Å². The fraction of sp³-hybridized carbons (Fsp3) is 0.615. The number of nitrogens with one attached hydrogen (secondary N) is 1. The van der Waals surface area contributed by atoms with Crippen molar-refractivity contribution in [1.82, 2.24) is 9.88 Å². The number of piperidine rings is 1. The van der Waals surface area contributed by atoms with Gasteiger partial charge in [0.05, 0.1) is 4.47 Å². The Morgan fingerprint density at radius 3 is 3.12 bits per heavy atom. The summed E-state index contributed by atoms with van der Waals surface area (Å²) in [7, 11) is 0. The molecule has 0 radical (unpaired) electrons. The average Bonchev–Trinajstić information content (AvgIpc) is 2.33. The van der Waals surface area contributed by atoms with Gasteiger partial charge in [0.25, 0.3) is 0 Å². The minimum atomic E-state index is 0.523. The van der Waals surface area contributed by atoms with Crippen LogP contribution in [-0.2, 0) is 0 Å². The number of anilines is 1. The third-order valence-electron chi connectivity index (χ3n) is 3.27. The Morgan fingerprint density at radius 2 is 2.41 bits per heavy atom. The quantitative estimate of drug-likeness (QED) is 0.929. The minimum absolute atomic E-state index is 0.523. The number of aromatic nitrogens is 1. The van der Waals surface area contributed by atoms with E-state index in [0.29, 0.717) is 6.04 Å². The first kappa shape index (κ1) is 12.8. The lowest BCUT2D eigenvalue weighted by Crippen LogP contribution is -2.42. The first-order chi connectivity index (χ1) is 8.19. The fourth-order valence-corrected chi connectivity index (χ4v) is 2.87. The molecule has 0 aliphatic carbocycles. The van der Waals surface area contributed by atoms with Crippen LogP contribution >= 0.6 is 15.9 Å². The maximum absolute atomic E-state index is 4.45. The van der Waals surface area contributed by atoms with Crippen LogP contribution in [0, 0.1) is 6.92 Å². The Morgan fingerprint density at radius 1 is 1.59 bits per heavy atom. The van der Waals surface area contributed by atoms with Crippen LogP contribution in [0.15, 0.2) is 16.7 Å². The molecule has 1 unspecified atom stereocenters. The van der Waals surface area contributed by atoms with E-state index in [0.717, 1.165) is 23.4 Å². The van der Waals surface area contributed by atoms with Crippen molar-refractivity contribution in [3.05, 3.63) is 22.3 Å². The molecule has 3 nitrogen and oxygen atoms in total. The number of likely N-dealkylation sites (tertiary alicyclic amines) is 1. The molecule has 1 fully saturated rings. The van der Waals surface area contributed by atoms with Crippen molar-refractivity contribution in [1.29, 1.82) is 0 Å². The molecule has 4 heteroatoms. The Balaban J connectivity index is 2.00. The smallest absolute Gasteiger partial charge is 0.140 e. The molecule has 1 atom stereocenters. The van der Waals surface area contributed by atoms with Gasteiger partial charge in [0, 0.05) is 18.8 Å². The van der Waals surface area contributed by atoms with Gasteiger partial charge in [-0.2, -0.15) is 0 Å². The molecule has 2 heterocycles. The highest BCUT2D eigenvalue weighted by atomic mass is 79.9. The lowest BCUT2D eigenvalue weighted by atomic mass is 10.1. The standard InChI is InChI=1S/C13H20BrN3/c1-3-17-6-4-5-11(9-17)16-13-12(14)7-10(2)8-15-13/h7-8,11H,3-6,9H2,1-2H3,(H,15,16). The number of aryl methyl sites for hydroxylation is 1. The molecule has 0 bridgehead atoms. The second kappa shape index (κ2) is 5.83. The van der Waals surface area contributed by atoms with Gasteiger partial charge in [-0.1, -0.05) is 6.92 Å². The maximum atomic E-state index is 4.45. The number of rotatable bonds is 3. The molecule has 94 valence electrons. The van der Waals surface area contributed by atoms with E-state index in [2.05, 4.69) is 51.0 Å². The van der Waals surface area contributed by atoms with Crippen molar-refractivity contribution in [3.8, 4) is 0 Å². The predicted molar refractivity (Wildman–Crippen MR) is 75.4 cm³/mol. The van der Waals surface area contributed by atoms with E-state index in [-0.39, 0.29) is 0 Å². The zero-order valence-electron chi connectivity index (χ0n) is 10.5. The summed E-state index contributed by atoms with van der Waals surface area (Å²) in [6.07, 6.45) is 4.42. The Kier molecular flexibility index (Phi) is 4.40. The summed E-state index contributed by atoms with van der Waals surface area (Å²) in [5.41, 5.74) is 1.18. The highest BCUT2D eigenvalue weighted by Gasteiger charge is 2.19. The third kappa shape index (κ3) is 3.42. The van der Waals surface area contributed by atoms with E-state index >= 15 is 0 Å². The molecule has 0 saturated carbocycles. The summed E-state index contributed by atoms with van der Waals surface area (Å²) < 4.78 is 1.06. The summed E-state index contributed by atoms with van der Waals surface area (Å²) in [5, 5.41) is 3.54. The predicted octanol–water partition coefficient (Wildman–Crippen LogP) is 3.05. The fourth-order valence-electron chi connectivity index (χ4n) is 2.29. The van der Waals surface area contributed by atoms with Crippen molar-refractivity contribution in [2.75, 3.05) is 25.0 Å². The van der Waals surface area contributed by atoms with Crippen molar-refractivity contribution >= 4 is 21.7 Å². The van der Waals surface area contributed by atoms with Crippen LogP contribution < -0.4 is 5.32 Å². The second-order valence-electron chi connectivity index (χ2n) is 4.72. The molecule has 1 aliphatic rings. The number of nitrogens with zero attached hydrogens (tertiary/aromatic N) is 2. The lowest BCUT2D eigenvalue weighted by Gasteiger charge is -2.32. The molecule has 1 aromatic rings. The van der Waals surface area contributed by atoms with Gasteiger partial charge in [-0.3, -0.25) is 0 Å². The van der Waals surface area contributed by atoms with E-state index in [4.69, 9.17) is 0 Å². The number of likely N-dealkylation sites (N-methyl/N-ethyl adjacent to an activating group) is 1. The summed E-state index contributed by atoms with van der Waals surface area (Å²) >= 11 is 3.57. The normalized spacial score (nSPS) is 21.5. The summed E-state index contributed by atoms with van der Waals surface area (Å²) in [6.45, 7) is 7.78. The molecular formula is C13H20BrN3. The number of halogens is 1. The molecule has 17 heavy (non-hydrogen) atoms. The highest BCUT2D eigenvalue weighted by molar-refractivity contribution is 9.10. The van der Waals surface area contributed by atoms with Crippen molar-refractivity contribution < 1.29 is 0 Å². The van der Waals surface area contributed by atoms with Crippen molar-refractivity contribution in [2.45, 2.75) is 32.7 Å². The average molecular weight is 298 g/mol. The number of hydrogen-bond donors (Lipinski definition) is 1. The summed E-state index contributed by atoms with van der Waals surface area (Å²) in [4.78, 5) is 6.94. The topological polar surface area (TPSA) is 28.2 Å². The molecule has 2 rings (SSSR count). The highest BCUT2D eigenvalue weighted by Crippen LogP contribution is 2.23. The van der Waals surface area contributed by atoms with E-state index < -0.39 is 0 Å². The van der Waals surface area contributed by atoms with Crippen LogP contribution in [0.3, 0.4) is 0 Å². The van der Waals surface area contributed by atoms with Gasteiger partial charge in [-0.15, -0.1) is 0 Å². The van der Waals surface area contributed by atoms with Crippen molar-refractivity contribution in [2.24, 2.45) is 0 Å². The monoisotopic (exact) mass is 297 g/mol. The van der Waals surface area contributed by atoms with Gasteiger partial charge in [-0.05, 0) is 60.4 Å². The van der Waals surface area contributed by atoms with Crippen LogP contribution in [0.25, 0.3) is 0 Å². The van der Waals surface area contributed by atoms with E-state index in [1.54, 1.807) is 0 Å². The van der Waals surface area contributed by atoms with Gasteiger partial charge in [-0.25, -0.2) is 4.98 Å². The molecule has 0 spiro atoms. The molecular weight excluding hydrogens is 278 g/mol. The second-order valence-corrected chi connectivity index (χ2v) is 5.57. The van der Waals surface area contributed by atoms with Crippen LogP contribution in [0.2, 0.25) is 0 Å². The van der Waals surface area contributed by atoms with Gasteiger partial charge in [0.2, 0.25) is 0 Å². The maximum Gasteiger partial charge on any atom is 0.140 e. The zero-order valence-corrected chi connectivity index (χ0v) is 12.1. The zero-order chi connectivity index (χ0) is 12.3. The molecule has 0 aromatic carbocycles. The number of hydrogen-bond acceptors (Lipinski definition) is 3. The van der Waals surface area contributed by atoms with Crippen LogP contribution in [0.1, 0.15) is 25.3 Å². The summed E-state index contributed by atoms with van der Waals surface area (Å²) in [5.74, 6) is 0.971.